The van der Waals surface area contributed by atoms with Gasteiger partial charge in [0.2, 0.25) is 0 Å². The van der Waals surface area contributed by atoms with Gasteiger partial charge in [0.05, 0.1) is 4.90 Å². The Morgan fingerprint density at radius 2 is 1.52 bits per heavy atom. The summed E-state index contributed by atoms with van der Waals surface area (Å²) in [6.07, 6.45) is 2.92. The standard InChI is InChI=1S/C25H19NO4S/c1-26-15-22(19-10-6-7-11-20(19)25(26)27)21-14-18(31(2,28)29)12-17-13-23(30-24(17)21)16-8-4-3-5-9-16/h3-15H,1-2H3. The highest BCUT2D eigenvalue weighted by atomic mass is 32.2. The third-order valence-corrected chi connectivity index (χ3v) is 6.55. The zero-order chi connectivity index (χ0) is 21.8. The Kier molecular flexibility index (Phi) is 4.34. The molecule has 0 N–H and O–H groups in total. The molecule has 3 aromatic carbocycles. The molecule has 0 spiro atoms. The summed E-state index contributed by atoms with van der Waals surface area (Å²) in [7, 11) is -1.77. The highest BCUT2D eigenvalue weighted by Crippen LogP contribution is 2.38. The number of hydrogen-bond donors (Lipinski definition) is 0. The molecule has 0 bridgehead atoms. The van der Waals surface area contributed by atoms with Crippen molar-refractivity contribution in [3.8, 4) is 22.5 Å². The van der Waals surface area contributed by atoms with Crippen molar-refractivity contribution < 1.29 is 12.8 Å². The smallest absolute Gasteiger partial charge is 0.258 e. The minimum Gasteiger partial charge on any atom is -0.455 e. The fraction of sp³-hybridized carbons (Fsp3) is 0.0800. The monoisotopic (exact) mass is 429 g/mol. The molecule has 5 aromatic rings. The van der Waals surface area contributed by atoms with Crippen molar-refractivity contribution in [3.05, 3.63) is 89.3 Å². The first-order valence-electron chi connectivity index (χ1n) is 9.75. The second-order valence-corrected chi connectivity index (χ2v) is 9.66. The lowest BCUT2D eigenvalue weighted by Gasteiger charge is -2.11. The van der Waals surface area contributed by atoms with Crippen LogP contribution in [0.5, 0.6) is 0 Å². The van der Waals surface area contributed by atoms with Crippen LogP contribution in [0.15, 0.2) is 93.1 Å². The highest BCUT2D eigenvalue weighted by molar-refractivity contribution is 7.90. The molecule has 0 aliphatic rings. The van der Waals surface area contributed by atoms with Gasteiger partial charge in [0, 0.05) is 47.0 Å². The van der Waals surface area contributed by atoms with Crippen LogP contribution in [0.2, 0.25) is 0 Å². The molecule has 6 heteroatoms. The number of rotatable bonds is 3. The maximum absolute atomic E-state index is 12.6. The zero-order valence-electron chi connectivity index (χ0n) is 17.0. The molecule has 2 heterocycles. The minimum atomic E-state index is -3.46. The molecule has 5 nitrogen and oxygen atoms in total. The number of aromatic nitrogens is 1. The van der Waals surface area contributed by atoms with Crippen molar-refractivity contribution in [1.82, 2.24) is 4.57 Å². The number of nitrogens with zero attached hydrogens (tertiary/aromatic N) is 1. The van der Waals surface area contributed by atoms with Gasteiger partial charge in [0.1, 0.15) is 11.3 Å². The average Bonchev–Trinajstić information content (AvgIpc) is 3.20. The molecule has 0 aliphatic carbocycles. The molecule has 0 aliphatic heterocycles. The van der Waals surface area contributed by atoms with Gasteiger partial charge >= 0.3 is 0 Å². The third kappa shape index (κ3) is 3.25. The van der Waals surface area contributed by atoms with Crippen molar-refractivity contribution in [3.63, 3.8) is 0 Å². The summed E-state index contributed by atoms with van der Waals surface area (Å²) in [6.45, 7) is 0. The van der Waals surface area contributed by atoms with E-state index in [-0.39, 0.29) is 10.5 Å². The van der Waals surface area contributed by atoms with Gasteiger partial charge in [0.25, 0.3) is 5.56 Å². The first-order valence-corrected chi connectivity index (χ1v) is 11.6. The number of aryl methyl sites for hydroxylation is 1. The summed E-state index contributed by atoms with van der Waals surface area (Å²) < 4.78 is 32.6. The number of benzene rings is 3. The van der Waals surface area contributed by atoms with Gasteiger partial charge in [-0.15, -0.1) is 0 Å². The highest BCUT2D eigenvalue weighted by Gasteiger charge is 2.19. The van der Waals surface area contributed by atoms with Gasteiger partial charge in [-0.3, -0.25) is 4.79 Å². The molecule has 0 saturated heterocycles. The number of sulfone groups is 1. The van der Waals surface area contributed by atoms with Gasteiger partial charge in [-0.2, -0.15) is 0 Å². The summed E-state index contributed by atoms with van der Waals surface area (Å²) in [6, 6.07) is 22.1. The van der Waals surface area contributed by atoms with Crippen LogP contribution >= 0.6 is 0 Å². The fourth-order valence-corrected chi connectivity index (χ4v) is 4.59. The lowest BCUT2D eigenvalue weighted by molar-refractivity contribution is 0.602. The molecule has 0 amide bonds. The van der Waals surface area contributed by atoms with Crippen LogP contribution in [0.25, 0.3) is 44.2 Å². The van der Waals surface area contributed by atoms with Gasteiger partial charge in [0.15, 0.2) is 9.84 Å². The summed E-state index contributed by atoms with van der Waals surface area (Å²) in [5, 5.41) is 2.00. The summed E-state index contributed by atoms with van der Waals surface area (Å²) in [4.78, 5) is 12.8. The number of pyridine rings is 1. The topological polar surface area (TPSA) is 69.3 Å². The van der Waals surface area contributed by atoms with Crippen LogP contribution < -0.4 is 5.56 Å². The molecular formula is C25H19NO4S. The van der Waals surface area contributed by atoms with Crippen molar-refractivity contribution >= 4 is 31.6 Å². The van der Waals surface area contributed by atoms with Gasteiger partial charge in [-0.05, 0) is 29.7 Å². The van der Waals surface area contributed by atoms with Gasteiger partial charge < -0.3 is 8.98 Å². The van der Waals surface area contributed by atoms with Crippen LogP contribution in [-0.2, 0) is 16.9 Å². The van der Waals surface area contributed by atoms with Crippen molar-refractivity contribution in [2.45, 2.75) is 4.90 Å². The maximum Gasteiger partial charge on any atom is 0.258 e. The van der Waals surface area contributed by atoms with Crippen LogP contribution in [0.4, 0.5) is 0 Å². The molecular weight excluding hydrogens is 410 g/mol. The first-order chi connectivity index (χ1) is 14.8. The predicted molar refractivity (Wildman–Crippen MR) is 123 cm³/mol. The summed E-state index contributed by atoms with van der Waals surface area (Å²) >= 11 is 0. The van der Waals surface area contributed by atoms with Gasteiger partial charge in [-0.1, -0.05) is 48.5 Å². The lowest BCUT2D eigenvalue weighted by Crippen LogP contribution is -2.16. The van der Waals surface area contributed by atoms with Crippen LogP contribution in [0, 0.1) is 0 Å². The van der Waals surface area contributed by atoms with Crippen molar-refractivity contribution in [1.29, 1.82) is 0 Å². The van der Waals surface area contributed by atoms with Crippen molar-refractivity contribution in [2.75, 3.05) is 6.26 Å². The zero-order valence-corrected chi connectivity index (χ0v) is 17.8. The summed E-state index contributed by atoms with van der Waals surface area (Å²) in [5.41, 5.74) is 2.74. The first kappa shape index (κ1) is 19.3. The Balaban J connectivity index is 1.91. The number of fused-ring (bicyclic) bond motifs is 2. The van der Waals surface area contributed by atoms with E-state index in [0.717, 1.165) is 16.5 Å². The largest absolute Gasteiger partial charge is 0.455 e. The third-order valence-electron chi connectivity index (χ3n) is 5.46. The van der Waals surface area contributed by atoms with E-state index in [1.807, 2.05) is 54.6 Å². The second kappa shape index (κ2) is 6.96. The molecule has 0 unspecified atom stereocenters. The second-order valence-electron chi connectivity index (χ2n) is 7.64. The molecule has 0 fully saturated rings. The van der Waals surface area contributed by atoms with E-state index in [2.05, 4.69) is 0 Å². The molecule has 31 heavy (non-hydrogen) atoms. The van der Waals surface area contributed by atoms with E-state index in [4.69, 9.17) is 4.42 Å². The Morgan fingerprint density at radius 1 is 0.839 bits per heavy atom. The Hall–Kier alpha value is -3.64. The minimum absolute atomic E-state index is 0.112. The van der Waals surface area contributed by atoms with Crippen LogP contribution in [-0.4, -0.2) is 19.2 Å². The van der Waals surface area contributed by atoms with E-state index in [9.17, 15) is 13.2 Å². The Morgan fingerprint density at radius 3 is 2.23 bits per heavy atom. The molecule has 2 aromatic heterocycles. The quantitative estimate of drug-likeness (QED) is 0.404. The molecule has 0 saturated carbocycles. The average molecular weight is 429 g/mol. The van der Waals surface area contributed by atoms with E-state index < -0.39 is 9.84 Å². The lowest BCUT2D eigenvalue weighted by atomic mass is 9.99. The summed E-state index contributed by atoms with van der Waals surface area (Å²) in [5.74, 6) is 0.650. The number of hydrogen-bond acceptors (Lipinski definition) is 4. The molecule has 5 rings (SSSR count). The van der Waals surface area contributed by atoms with E-state index in [1.54, 1.807) is 31.4 Å². The predicted octanol–water partition coefficient (Wildman–Crippen LogP) is 5.02. The maximum atomic E-state index is 12.6. The number of furan rings is 1. The van der Waals surface area contributed by atoms with E-state index in [0.29, 0.717) is 27.7 Å². The van der Waals surface area contributed by atoms with E-state index in [1.165, 1.54) is 10.8 Å². The Bertz CT molecular complexity index is 1630. The van der Waals surface area contributed by atoms with Crippen LogP contribution in [0.3, 0.4) is 0 Å². The molecule has 154 valence electrons. The normalized spacial score (nSPS) is 11.9. The molecule has 0 radical (unpaired) electrons. The van der Waals surface area contributed by atoms with E-state index >= 15 is 0 Å². The molecule has 0 atom stereocenters. The van der Waals surface area contributed by atoms with Crippen LogP contribution in [0.1, 0.15) is 0 Å². The van der Waals surface area contributed by atoms with Crippen molar-refractivity contribution in [2.24, 2.45) is 7.05 Å². The van der Waals surface area contributed by atoms with Gasteiger partial charge in [-0.25, -0.2) is 8.42 Å². The Labute approximate surface area is 179 Å². The fourth-order valence-electron chi connectivity index (χ4n) is 3.92. The SMILES string of the molecule is Cn1cc(-c2cc(S(C)(=O)=O)cc3cc(-c4ccccc4)oc23)c2ccccc2c1=O.